The highest BCUT2D eigenvalue weighted by molar-refractivity contribution is 5.45. The van der Waals surface area contributed by atoms with Crippen LogP contribution in [0.2, 0.25) is 0 Å². The first-order chi connectivity index (χ1) is 7.95. The zero-order valence-electron chi connectivity index (χ0n) is 11.2. The topological polar surface area (TPSA) is 12.5 Å². The third-order valence-corrected chi connectivity index (χ3v) is 3.90. The lowest BCUT2D eigenvalue weighted by atomic mass is 9.82. The SMILES string of the molecule is CN1Cc2cc(C(C)(C)C)cc3c2C(C1)OC3. The number of hydrogen-bond donors (Lipinski definition) is 0. The van der Waals surface area contributed by atoms with E-state index in [1.54, 1.807) is 0 Å². The maximum absolute atomic E-state index is 5.90. The molecule has 2 heterocycles. The van der Waals surface area contributed by atoms with Gasteiger partial charge >= 0.3 is 0 Å². The molecule has 0 fully saturated rings. The highest BCUT2D eigenvalue weighted by Gasteiger charge is 2.32. The number of hydrogen-bond acceptors (Lipinski definition) is 2. The van der Waals surface area contributed by atoms with Crippen molar-refractivity contribution >= 4 is 0 Å². The van der Waals surface area contributed by atoms with Crippen LogP contribution in [0.3, 0.4) is 0 Å². The minimum atomic E-state index is 0.222. The van der Waals surface area contributed by atoms with Crippen LogP contribution in [0.4, 0.5) is 0 Å². The number of likely N-dealkylation sites (N-methyl/N-ethyl adjacent to an activating group) is 1. The van der Waals surface area contributed by atoms with Crippen LogP contribution in [0.25, 0.3) is 0 Å². The van der Waals surface area contributed by atoms with Gasteiger partial charge in [-0.05, 0) is 34.7 Å². The third kappa shape index (κ3) is 1.80. The minimum Gasteiger partial charge on any atom is -0.367 e. The first-order valence-corrected chi connectivity index (χ1v) is 6.41. The molecule has 0 spiro atoms. The third-order valence-electron chi connectivity index (χ3n) is 3.90. The van der Waals surface area contributed by atoms with Crippen molar-refractivity contribution in [3.05, 3.63) is 34.4 Å². The summed E-state index contributed by atoms with van der Waals surface area (Å²) in [6, 6.07) is 4.74. The van der Waals surface area contributed by atoms with Gasteiger partial charge in [0, 0.05) is 13.1 Å². The van der Waals surface area contributed by atoms with E-state index in [4.69, 9.17) is 4.74 Å². The molecule has 1 aromatic rings. The maximum Gasteiger partial charge on any atom is 0.0962 e. The van der Waals surface area contributed by atoms with Crippen LogP contribution in [-0.2, 0) is 23.3 Å². The molecular weight excluding hydrogens is 210 g/mol. The Morgan fingerprint density at radius 3 is 2.65 bits per heavy atom. The zero-order chi connectivity index (χ0) is 12.2. The molecule has 0 amide bonds. The molecule has 17 heavy (non-hydrogen) atoms. The van der Waals surface area contributed by atoms with E-state index >= 15 is 0 Å². The van der Waals surface area contributed by atoms with Gasteiger partial charge < -0.3 is 4.74 Å². The van der Waals surface area contributed by atoms with Crippen molar-refractivity contribution in [3.63, 3.8) is 0 Å². The van der Waals surface area contributed by atoms with Crippen LogP contribution in [0.5, 0.6) is 0 Å². The van der Waals surface area contributed by atoms with E-state index in [-0.39, 0.29) is 5.41 Å². The Bertz CT molecular complexity index is 459. The van der Waals surface area contributed by atoms with E-state index in [0.29, 0.717) is 6.10 Å². The smallest absolute Gasteiger partial charge is 0.0962 e. The first kappa shape index (κ1) is 11.2. The van der Waals surface area contributed by atoms with Crippen LogP contribution >= 0.6 is 0 Å². The highest BCUT2D eigenvalue weighted by atomic mass is 16.5. The average Bonchev–Trinajstić information content (AvgIpc) is 2.60. The quantitative estimate of drug-likeness (QED) is 0.680. The Morgan fingerprint density at radius 2 is 1.94 bits per heavy atom. The van der Waals surface area contributed by atoms with Gasteiger partial charge in [0.2, 0.25) is 0 Å². The van der Waals surface area contributed by atoms with E-state index in [9.17, 15) is 0 Å². The Kier molecular flexibility index (Phi) is 2.36. The van der Waals surface area contributed by atoms with Gasteiger partial charge in [-0.1, -0.05) is 32.9 Å². The predicted octanol–water partition coefficient (Wildman–Crippen LogP) is 3.00. The van der Waals surface area contributed by atoms with Crippen molar-refractivity contribution < 1.29 is 4.74 Å². The second kappa shape index (κ2) is 3.56. The zero-order valence-corrected chi connectivity index (χ0v) is 11.2. The summed E-state index contributed by atoms with van der Waals surface area (Å²) < 4.78 is 5.90. The molecule has 92 valence electrons. The normalized spacial score (nSPS) is 23.9. The molecule has 0 saturated heterocycles. The summed E-state index contributed by atoms with van der Waals surface area (Å²) in [7, 11) is 2.17. The van der Waals surface area contributed by atoms with Crippen molar-refractivity contribution in [2.24, 2.45) is 0 Å². The van der Waals surface area contributed by atoms with Crippen LogP contribution in [-0.4, -0.2) is 18.5 Å². The van der Waals surface area contributed by atoms with Gasteiger partial charge in [-0.25, -0.2) is 0 Å². The van der Waals surface area contributed by atoms with Gasteiger partial charge in [0.05, 0.1) is 12.7 Å². The lowest BCUT2D eigenvalue weighted by Gasteiger charge is -2.30. The number of rotatable bonds is 0. The molecule has 1 aromatic carbocycles. The average molecular weight is 231 g/mol. The lowest BCUT2D eigenvalue weighted by molar-refractivity contribution is 0.0333. The largest absolute Gasteiger partial charge is 0.367 e. The summed E-state index contributed by atoms with van der Waals surface area (Å²) in [5.74, 6) is 0. The van der Waals surface area contributed by atoms with E-state index in [2.05, 4.69) is 44.9 Å². The van der Waals surface area contributed by atoms with Gasteiger partial charge in [0.25, 0.3) is 0 Å². The van der Waals surface area contributed by atoms with Crippen molar-refractivity contribution in [1.29, 1.82) is 0 Å². The van der Waals surface area contributed by atoms with Gasteiger partial charge in [0.1, 0.15) is 0 Å². The lowest BCUT2D eigenvalue weighted by Crippen LogP contribution is -2.30. The van der Waals surface area contributed by atoms with E-state index in [1.165, 1.54) is 22.3 Å². The molecule has 2 aliphatic heterocycles. The number of nitrogens with zero attached hydrogens (tertiary/aromatic N) is 1. The fourth-order valence-corrected chi connectivity index (χ4v) is 2.93. The maximum atomic E-state index is 5.90. The Labute approximate surface area is 104 Å². The molecule has 0 N–H and O–H groups in total. The summed E-state index contributed by atoms with van der Waals surface area (Å²) >= 11 is 0. The number of ether oxygens (including phenoxy) is 1. The van der Waals surface area contributed by atoms with Gasteiger partial charge in [0.15, 0.2) is 0 Å². The fourth-order valence-electron chi connectivity index (χ4n) is 2.93. The molecule has 0 saturated carbocycles. The predicted molar refractivity (Wildman–Crippen MR) is 69.0 cm³/mol. The van der Waals surface area contributed by atoms with Crippen molar-refractivity contribution in [2.75, 3.05) is 13.6 Å². The Balaban J connectivity index is 2.14. The summed E-state index contributed by atoms with van der Waals surface area (Å²) in [5.41, 5.74) is 6.04. The molecule has 3 rings (SSSR count). The molecule has 0 aliphatic carbocycles. The summed E-state index contributed by atoms with van der Waals surface area (Å²) in [6.07, 6.45) is 0.313. The van der Waals surface area contributed by atoms with Crippen molar-refractivity contribution in [2.45, 2.75) is 45.4 Å². The molecule has 2 heteroatoms. The standard InChI is InChI=1S/C15H21NO/c1-15(2,3)12-5-10-7-16(4)8-13-14(10)11(6-12)9-17-13/h5-6,13H,7-9H2,1-4H3. The van der Waals surface area contributed by atoms with Crippen LogP contribution in [0.1, 0.15) is 49.1 Å². The van der Waals surface area contributed by atoms with Crippen LogP contribution in [0, 0.1) is 0 Å². The summed E-state index contributed by atoms with van der Waals surface area (Å²) in [4.78, 5) is 2.36. The van der Waals surface area contributed by atoms with E-state index in [0.717, 1.165) is 19.7 Å². The molecule has 0 aromatic heterocycles. The molecule has 1 atom stereocenters. The number of benzene rings is 1. The Hall–Kier alpha value is -0.860. The molecular formula is C15H21NO. The second-order valence-electron chi connectivity index (χ2n) is 6.45. The van der Waals surface area contributed by atoms with Gasteiger partial charge in [-0.15, -0.1) is 0 Å². The molecule has 2 aliphatic rings. The molecule has 2 nitrogen and oxygen atoms in total. The van der Waals surface area contributed by atoms with Crippen LogP contribution < -0.4 is 0 Å². The van der Waals surface area contributed by atoms with E-state index < -0.39 is 0 Å². The minimum absolute atomic E-state index is 0.222. The monoisotopic (exact) mass is 231 g/mol. The second-order valence-corrected chi connectivity index (χ2v) is 6.45. The van der Waals surface area contributed by atoms with E-state index in [1.807, 2.05) is 0 Å². The molecule has 1 unspecified atom stereocenters. The summed E-state index contributed by atoms with van der Waals surface area (Å²) in [5, 5.41) is 0. The molecule has 0 radical (unpaired) electrons. The van der Waals surface area contributed by atoms with Gasteiger partial charge in [-0.3, -0.25) is 4.90 Å². The summed E-state index contributed by atoms with van der Waals surface area (Å²) in [6.45, 7) is 9.73. The van der Waals surface area contributed by atoms with Crippen molar-refractivity contribution in [1.82, 2.24) is 4.90 Å². The first-order valence-electron chi connectivity index (χ1n) is 6.41. The van der Waals surface area contributed by atoms with Gasteiger partial charge in [-0.2, -0.15) is 0 Å². The van der Waals surface area contributed by atoms with Crippen LogP contribution in [0.15, 0.2) is 12.1 Å². The fraction of sp³-hybridized carbons (Fsp3) is 0.600. The molecule has 0 bridgehead atoms. The van der Waals surface area contributed by atoms with Crippen molar-refractivity contribution in [3.8, 4) is 0 Å². The Morgan fingerprint density at radius 1 is 1.24 bits per heavy atom. The highest BCUT2D eigenvalue weighted by Crippen LogP contribution is 2.40.